The summed E-state index contributed by atoms with van der Waals surface area (Å²) >= 11 is 12.4. The normalized spacial score (nSPS) is 21.3. The molecule has 0 aliphatic heterocycles. The van der Waals surface area contributed by atoms with Gasteiger partial charge in [0.2, 0.25) is 11.8 Å². The van der Waals surface area contributed by atoms with E-state index < -0.39 is 29.8 Å². The molecule has 11 heteroatoms. The summed E-state index contributed by atoms with van der Waals surface area (Å²) < 4.78 is 1.63. The Hall–Kier alpha value is -4.21. The Labute approximate surface area is 258 Å². The molecule has 2 aliphatic rings. The van der Waals surface area contributed by atoms with Crippen LogP contribution in [0.3, 0.4) is 0 Å². The van der Waals surface area contributed by atoms with Crippen LogP contribution < -0.4 is 16.4 Å². The van der Waals surface area contributed by atoms with Crippen molar-refractivity contribution in [2.24, 2.45) is 23.5 Å². The van der Waals surface area contributed by atoms with Crippen LogP contribution in [0.2, 0.25) is 10.0 Å². The first-order chi connectivity index (χ1) is 20.8. The SMILES string of the molecule is NC(=O)[C@H](Cc1ccccc1)NC(=O)[C@H]1C2CCC(C2)[C@H]1NC(=O)c1cc(-c2cccnc2)n(-c2ccc(Cl)c(Cl)c2)n1. The Kier molecular flexibility index (Phi) is 8.19. The van der Waals surface area contributed by atoms with Gasteiger partial charge < -0.3 is 16.4 Å². The van der Waals surface area contributed by atoms with Gasteiger partial charge in [0.25, 0.3) is 5.91 Å². The fourth-order valence-electron chi connectivity index (χ4n) is 6.47. The minimum Gasteiger partial charge on any atom is -0.368 e. The van der Waals surface area contributed by atoms with Crippen molar-refractivity contribution in [3.8, 4) is 16.9 Å². The van der Waals surface area contributed by atoms with E-state index in [0.29, 0.717) is 27.8 Å². The van der Waals surface area contributed by atoms with E-state index in [9.17, 15) is 14.4 Å². The summed E-state index contributed by atoms with van der Waals surface area (Å²) in [5.74, 6) is -1.47. The number of nitrogens with two attached hydrogens (primary N) is 1. The maximum atomic E-state index is 13.7. The predicted octanol–water partition coefficient (Wildman–Crippen LogP) is 4.60. The van der Waals surface area contributed by atoms with Crippen LogP contribution in [0.5, 0.6) is 0 Å². The second-order valence-corrected chi connectivity index (χ2v) is 12.0. The topological polar surface area (TPSA) is 132 Å². The van der Waals surface area contributed by atoms with E-state index in [1.54, 1.807) is 47.4 Å². The summed E-state index contributed by atoms with van der Waals surface area (Å²) in [5, 5.41) is 11.4. The number of hydrogen-bond donors (Lipinski definition) is 3. The van der Waals surface area contributed by atoms with Crippen molar-refractivity contribution in [3.05, 3.63) is 100 Å². The highest BCUT2D eigenvalue weighted by molar-refractivity contribution is 6.42. The molecule has 9 nitrogen and oxygen atoms in total. The number of nitrogens with one attached hydrogen (secondary N) is 2. The van der Waals surface area contributed by atoms with Crippen LogP contribution in [0.15, 0.2) is 79.1 Å². The largest absolute Gasteiger partial charge is 0.368 e. The number of benzene rings is 2. The summed E-state index contributed by atoms with van der Waals surface area (Å²) in [5.41, 5.74) is 8.78. The highest BCUT2D eigenvalue weighted by Gasteiger charge is 2.52. The molecule has 43 heavy (non-hydrogen) atoms. The van der Waals surface area contributed by atoms with E-state index in [2.05, 4.69) is 20.7 Å². The van der Waals surface area contributed by atoms with Crippen LogP contribution in [0.4, 0.5) is 0 Å². The zero-order valence-corrected chi connectivity index (χ0v) is 24.6. The van der Waals surface area contributed by atoms with Crippen molar-refractivity contribution < 1.29 is 14.4 Å². The van der Waals surface area contributed by atoms with E-state index >= 15 is 0 Å². The van der Waals surface area contributed by atoms with Crippen LogP contribution in [0.1, 0.15) is 35.3 Å². The van der Waals surface area contributed by atoms with E-state index in [1.807, 2.05) is 36.4 Å². The Bertz CT molecular complexity index is 1660. The summed E-state index contributed by atoms with van der Waals surface area (Å²) in [6, 6.07) is 18.7. The molecule has 0 radical (unpaired) electrons. The second kappa shape index (κ2) is 12.2. The molecule has 3 amide bonds. The van der Waals surface area contributed by atoms with Crippen molar-refractivity contribution in [1.29, 1.82) is 0 Å². The van der Waals surface area contributed by atoms with Gasteiger partial charge in [-0.05, 0) is 73.1 Å². The minimum atomic E-state index is -0.852. The molecule has 2 saturated carbocycles. The van der Waals surface area contributed by atoms with Gasteiger partial charge in [-0.25, -0.2) is 4.68 Å². The van der Waals surface area contributed by atoms with Gasteiger partial charge in [-0.2, -0.15) is 5.10 Å². The summed E-state index contributed by atoms with van der Waals surface area (Å²) in [4.78, 5) is 43.8. The molecule has 2 aromatic carbocycles. The van der Waals surface area contributed by atoms with Crippen LogP contribution in [0.25, 0.3) is 16.9 Å². The minimum absolute atomic E-state index is 0.111. The fraction of sp³-hybridized carbons (Fsp3) is 0.281. The maximum Gasteiger partial charge on any atom is 0.272 e. The number of carbonyl (C=O) groups is 3. The third kappa shape index (κ3) is 6.00. The molecule has 0 saturated heterocycles. The smallest absolute Gasteiger partial charge is 0.272 e. The quantitative estimate of drug-likeness (QED) is 0.253. The Morgan fingerprint density at radius 2 is 1.77 bits per heavy atom. The van der Waals surface area contributed by atoms with Crippen LogP contribution in [-0.2, 0) is 16.0 Å². The van der Waals surface area contributed by atoms with Crippen molar-refractivity contribution in [1.82, 2.24) is 25.4 Å². The molecule has 220 valence electrons. The van der Waals surface area contributed by atoms with E-state index in [0.717, 1.165) is 30.4 Å². The number of hydrogen-bond acceptors (Lipinski definition) is 5. The molecule has 4 N–H and O–H groups in total. The zero-order chi connectivity index (χ0) is 30.1. The average molecular weight is 618 g/mol. The van der Waals surface area contributed by atoms with Gasteiger partial charge in [-0.3, -0.25) is 19.4 Å². The first-order valence-corrected chi connectivity index (χ1v) is 14.9. The van der Waals surface area contributed by atoms with Crippen molar-refractivity contribution in [2.75, 3.05) is 0 Å². The Morgan fingerprint density at radius 3 is 2.49 bits per heavy atom. The molecule has 2 bridgehead atoms. The van der Waals surface area contributed by atoms with Crippen LogP contribution >= 0.6 is 23.2 Å². The van der Waals surface area contributed by atoms with E-state index in [1.165, 1.54) is 0 Å². The molecule has 2 unspecified atom stereocenters. The molecule has 6 rings (SSSR count). The molecular weight excluding hydrogens is 587 g/mol. The monoisotopic (exact) mass is 616 g/mol. The first-order valence-electron chi connectivity index (χ1n) is 14.2. The molecule has 2 aromatic heterocycles. The lowest BCUT2D eigenvalue weighted by molar-refractivity contribution is -0.131. The van der Waals surface area contributed by atoms with Crippen molar-refractivity contribution >= 4 is 40.9 Å². The summed E-state index contributed by atoms with van der Waals surface area (Å²) in [7, 11) is 0. The van der Waals surface area contributed by atoms with Gasteiger partial charge in [0, 0.05) is 30.4 Å². The lowest BCUT2D eigenvalue weighted by Gasteiger charge is -2.31. The van der Waals surface area contributed by atoms with E-state index in [4.69, 9.17) is 28.9 Å². The van der Waals surface area contributed by atoms with Gasteiger partial charge in [0.15, 0.2) is 5.69 Å². The third-order valence-corrected chi connectivity index (χ3v) is 9.25. The number of primary amides is 1. The lowest BCUT2D eigenvalue weighted by Crippen LogP contribution is -2.54. The summed E-state index contributed by atoms with van der Waals surface area (Å²) in [6.07, 6.45) is 6.30. The number of amides is 3. The molecule has 0 spiro atoms. The second-order valence-electron chi connectivity index (χ2n) is 11.2. The number of aromatic nitrogens is 3. The number of halogens is 2. The molecule has 4 aromatic rings. The van der Waals surface area contributed by atoms with Gasteiger partial charge in [-0.1, -0.05) is 53.5 Å². The fourth-order valence-corrected chi connectivity index (χ4v) is 6.76. The Balaban J connectivity index is 1.25. The molecule has 2 aliphatic carbocycles. The number of pyridine rings is 1. The van der Waals surface area contributed by atoms with Crippen molar-refractivity contribution in [3.63, 3.8) is 0 Å². The Morgan fingerprint density at radius 1 is 0.977 bits per heavy atom. The van der Waals surface area contributed by atoms with Crippen LogP contribution in [0, 0.1) is 17.8 Å². The third-order valence-electron chi connectivity index (χ3n) is 8.51. The maximum absolute atomic E-state index is 13.7. The highest BCUT2D eigenvalue weighted by atomic mass is 35.5. The molecular formula is C32H30Cl2N6O3. The molecule has 2 heterocycles. The van der Waals surface area contributed by atoms with Gasteiger partial charge in [-0.15, -0.1) is 0 Å². The molecule has 5 atom stereocenters. The van der Waals surface area contributed by atoms with Crippen molar-refractivity contribution in [2.45, 2.75) is 37.8 Å². The van der Waals surface area contributed by atoms with Gasteiger partial charge >= 0.3 is 0 Å². The van der Waals surface area contributed by atoms with E-state index in [-0.39, 0.29) is 23.4 Å². The van der Waals surface area contributed by atoms with Gasteiger partial charge in [0.1, 0.15) is 6.04 Å². The summed E-state index contributed by atoms with van der Waals surface area (Å²) in [6.45, 7) is 0. The van der Waals surface area contributed by atoms with Crippen LogP contribution in [-0.4, -0.2) is 44.6 Å². The predicted molar refractivity (Wildman–Crippen MR) is 164 cm³/mol. The number of nitrogens with zero attached hydrogens (tertiary/aromatic N) is 3. The van der Waals surface area contributed by atoms with Gasteiger partial charge in [0.05, 0.1) is 27.3 Å². The first kappa shape index (κ1) is 28.9. The number of rotatable bonds is 9. The highest BCUT2D eigenvalue weighted by Crippen LogP contribution is 2.48. The lowest BCUT2D eigenvalue weighted by atomic mass is 9.83. The molecule has 2 fully saturated rings. The number of fused-ring (bicyclic) bond motifs is 2. The zero-order valence-electron chi connectivity index (χ0n) is 23.1. The number of carbonyl (C=O) groups excluding carboxylic acids is 3. The standard InChI is InChI=1S/C32H30Cl2N6O3/c33-23-11-10-22(15-24(23)34)40-27(21-7-4-12-36-17-21)16-26(39-40)31(42)38-29-20-9-8-19(14-20)28(29)32(43)37-25(30(35)41)13-18-5-2-1-3-6-18/h1-7,10-12,15-17,19-20,25,28-29H,8-9,13-14H2,(H2,35,41)(H,37,43)(H,38,42)/t19?,20?,25-,28-,29+/m0/s1. The average Bonchev–Trinajstić information content (AvgIpc) is 3.75.